The van der Waals surface area contributed by atoms with E-state index < -0.39 is 5.95 Å². The van der Waals surface area contributed by atoms with Gasteiger partial charge in [-0.15, -0.1) is 0 Å². The number of hydrogen-bond donors (Lipinski definition) is 1. The fourth-order valence-electron chi connectivity index (χ4n) is 1.96. The zero-order chi connectivity index (χ0) is 13.1. The molecule has 18 heavy (non-hydrogen) atoms. The van der Waals surface area contributed by atoms with Gasteiger partial charge in [0.25, 0.3) is 0 Å². The number of anilines is 1. The average molecular weight is 248 g/mol. The Bertz CT molecular complexity index is 548. The molecule has 96 valence electrons. The zero-order valence-electron chi connectivity index (χ0n) is 10.9. The van der Waals surface area contributed by atoms with Crippen molar-refractivity contribution in [1.29, 1.82) is 0 Å². The van der Waals surface area contributed by atoms with Crippen LogP contribution >= 0.6 is 0 Å². The van der Waals surface area contributed by atoms with Crippen molar-refractivity contribution in [3.05, 3.63) is 29.8 Å². The third-order valence-electron chi connectivity index (χ3n) is 2.78. The number of nitrogens with one attached hydrogen (secondary N) is 1. The molecule has 0 radical (unpaired) electrons. The van der Waals surface area contributed by atoms with E-state index in [1.54, 1.807) is 23.0 Å². The van der Waals surface area contributed by atoms with Crippen molar-refractivity contribution in [2.45, 2.75) is 27.3 Å². The highest BCUT2D eigenvalue weighted by Crippen LogP contribution is 2.26. The van der Waals surface area contributed by atoms with Crippen LogP contribution in [0.25, 0.3) is 11.3 Å². The molecule has 0 aromatic carbocycles. The van der Waals surface area contributed by atoms with E-state index in [1.807, 2.05) is 20.8 Å². The molecule has 0 aliphatic carbocycles. The molecular formula is C13H17FN4. The lowest BCUT2D eigenvalue weighted by Gasteiger charge is -2.09. The van der Waals surface area contributed by atoms with Gasteiger partial charge in [0.05, 0.1) is 17.5 Å². The molecule has 0 fully saturated rings. The Kier molecular flexibility index (Phi) is 3.60. The Labute approximate surface area is 106 Å². The molecule has 2 rings (SSSR count). The molecule has 0 aliphatic heterocycles. The Morgan fingerprint density at radius 3 is 2.72 bits per heavy atom. The molecule has 0 spiro atoms. The highest BCUT2D eigenvalue weighted by Gasteiger charge is 2.14. The molecule has 0 unspecified atom stereocenters. The molecule has 0 bridgehead atoms. The van der Waals surface area contributed by atoms with Crippen LogP contribution < -0.4 is 5.32 Å². The summed E-state index contributed by atoms with van der Waals surface area (Å²) in [6.45, 7) is 7.28. The summed E-state index contributed by atoms with van der Waals surface area (Å²) in [6.07, 6.45) is 1.75. The van der Waals surface area contributed by atoms with Crippen molar-refractivity contribution in [2.24, 2.45) is 0 Å². The SMILES string of the molecule is CCNc1ccc(-c2c(C)cnn2CC)c(F)n1. The quantitative estimate of drug-likeness (QED) is 0.846. The number of nitrogens with zero attached hydrogens (tertiary/aromatic N) is 3. The molecule has 2 heterocycles. The van der Waals surface area contributed by atoms with Crippen molar-refractivity contribution in [3.8, 4) is 11.3 Å². The molecule has 0 atom stereocenters. The predicted molar refractivity (Wildman–Crippen MR) is 70.0 cm³/mol. The van der Waals surface area contributed by atoms with E-state index in [-0.39, 0.29) is 0 Å². The van der Waals surface area contributed by atoms with Crippen LogP contribution in [0, 0.1) is 12.9 Å². The van der Waals surface area contributed by atoms with E-state index in [0.717, 1.165) is 17.8 Å². The first-order valence-corrected chi connectivity index (χ1v) is 6.10. The summed E-state index contributed by atoms with van der Waals surface area (Å²) in [4.78, 5) is 3.92. The first kappa shape index (κ1) is 12.5. The number of pyridine rings is 1. The van der Waals surface area contributed by atoms with Gasteiger partial charge in [-0.25, -0.2) is 4.98 Å². The molecule has 4 nitrogen and oxygen atoms in total. The Morgan fingerprint density at radius 2 is 2.11 bits per heavy atom. The fraction of sp³-hybridized carbons (Fsp3) is 0.385. The lowest BCUT2D eigenvalue weighted by molar-refractivity contribution is 0.583. The minimum atomic E-state index is -0.466. The van der Waals surface area contributed by atoms with Gasteiger partial charge in [0.15, 0.2) is 0 Å². The predicted octanol–water partition coefficient (Wildman–Crippen LogP) is 2.84. The molecule has 0 saturated heterocycles. The molecule has 5 heteroatoms. The summed E-state index contributed by atoms with van der Waals surface area (Å²) in [5, 5.41) is 7.21. The lowest BCUT2D eigenvalue weighted by Crippen LogP contribution is -2.04. The molecule has 1 N–H and O–H groups in total. The van der Waals surface area contributed by atoms with Crippen LogP contribution in [0.5, 0.6) is 0 Å². The smallest absolute Gasteiger partial charge is 0.224 e. The fourth-order valence-corrected chi connectivity index (χ4v) is 1.96. The highest BCUT2D eigenvalue weighted by molar-refractivity contribution is 5.64. The number of hydrogen-bond acceptors (Lipinski definition) is 3. The summed E-state index contributed by atoms with van der Waals surface area (Å²) in [5.41, 5.74) is 2.24. The summed E-state index contributed by atoms with van der Waals surface area (Å²) < 4.78 is 15.8. The van der Waals surface area contributed by atoms with Gasteiger partial charge in [0, 0.05) is 13.1 Å². The first-order valence-electron chi connectivity index (χ1n) is 6.10. The van der Waals surface area contributed by atoms with Crippen LogP contribution in [-0.4, -0.2) is 21.3 Å². The third kappa shape index (κ3) is 2.20. The second-order valence-electron chi connectivity index (χ2n) is 4.06. The van der Waals surface area contributed by atoms with Crippen molar-refractivity contribution in [1.82, 2.24) is 14.8 Å². The maximum atomic E-state index is 14.0. The summed E-state index contributed by atoms with van der Waals surface area (Å²) in [5.74, 6) is 0.0886. The minimum Gasteiger partial charge on any atom is -0.370 e. The van der Waals surface area contributed by atoms with Gasteiger partial charge in [-0.1, -0.05) is 0 Å². The Balaban J connectivity index is 2.47. The van der Waals surface area contributed by atoms with Crippen molar-refractivity contribution in [3.63, 3.8) is 0 Å². The van der Waals surface area contributed by atoms with Crippen LogP contribution in [0.15, 0.2) is 18.3 Å². The number of halogens is 1. The van der Waals surface area contributed by atoms with E-state index in [9.17, 15) is 4.39 Å². The van der Waals surface area contributed by atoms with Gasteiger partial charge in [-0.2, -0.15) is 9.49 Å². The largest absolute Gasteiger partial charge is 0.370 e. The number of rotatable bonds is 4. The maximum Gasteiger partial charge on any atom is 0.224 e. The summed E-state index contributed by atoms with van der Waals surface area (Å²) in [7, 11) is 0. The average Bonchev–Trinajstić information content (AvgIpc) is 2.71. The summed E-state index contributed by atoms with van der Waals surface area (Å²) in [6, 6.07) is 3.53. The van der Waals surface area contributed by atoms with E-state index >= 15 is 0 Å². The van der Waals surface area contributed by atoms with Crippen LogP contribution in [0.3, 0.4) is 0 Å². The molecule has 0 aliphatic rings. The van der Waals surface area contributed by atoms with Crippen LogP contribution in [-0.2, 0) is 6.54 Å². The zero-order valence-corrected chi connectivity index (χ0v) is 10.9. The molecule has 0 saturated carbocycles. The van der Waals surface area contributed by atoms with Crippen LogP contribution in [0.2, 0.25) is 0 Å². The molecule has 2 aromatic heterocycles. The van der Waals surface area contributed by atoms with Crippen molar-refractivity contribution >= 4 is 5.82 Å². The second-order valence-corrected chi connectivity index (χ2v) is 4.06. The van der Waals surface area contributed by atoms with E-state index in [4.69, 9.17) is 0 Å². The topological polar surface area (TPSA) is 42.7 Å². The van der Waals surface area contributed by atoms with Gasteiger partial charge in [0.1, 0.15) is 5.82 Å². The molecule has 0 amide bonds. The Morgan fingerprint density at radius 1 is 1.33 bits per heavy atom. The third-order valence-corrected chi connectivity index (χ3v) is 2.78. The Hall–Kier alpha value is -1.91. The van der Waals surface area contributed by atoms with Gasteiger partial charge in [-0.3, -0.25) is 4.68 Å². The number of aryl methyl sites for hydroxylation is 2. The standard InChI is InChI=1S/C13H17FN4/c1-4-15-11-7-6-10(13(14)17-11)12-9(3)8-16-18(12)5-2/h6-8H,4-5H2,1-3H3,(H,15,17). The molecular weight excluding hydrogens is 231 g/mol. The highest BCUT2D eigenvalue weighted by atomic mass is 19.1. The number of aromatic nitrogens is 3. The second kappa shape index (κ2) is 5.16. The minimum absolute atomic E-state index is 0.466. The summed E-state index contributed by atoms with van der Waals surface area (Å²) >= 11 is 0. The first-order chi connectivity index (χ1) is 8.67. The van der Waals surface area contributed by atoms with E-state index in [1.165, 1.54) is 0 Å². The van der Waals surface area contributed by atoms with E-state index in [0.29, 0.717) is 17.9 Å². The van der Waals surface area contributed by atoms with Gasteiger partial charge >= 0.3 is 0 Å². The van der Waals surface area contributed by atoms with Crippen molar-refractivity contribution in [2.75, 3.05) is 11.9 Å². The van der Waals surface area contributed by atoms with Crippen molar-refractivity contribution < 1.29 is 4.39 Å². The van der Waals surface area contributed by atoms with Gasteiger partial charge in [0.2, 0.25) is 5.95 Å². The van der Waals surface area contributed by atoms with E-state index in [2.05, 4.69) is 15.4 Å². The van der Waals surface area contributed by atoms with Crippen LogP contribution in [0.4, 0.5) is 10.2 Å². The monoisotopic (exact) mass is 248 g/mol. The van der Waals surface area contributed by atoms with Crippen LogP contribution in [0.1, 0.15) is 19.4 Å². The lowest BCUT2D eigenvalue weighted by atomic mass is 10.1. The maximum absolute atomic E-state index is 14.0. The normalized spacial score (nSPS) is 10.7. The molecule has 2 aromatic rings. The van der Waals surface area contributed by atoms with Gasteiger partial charge in [-0.05, 0) is 38.5 Å². The van der Waals surface area contributed by atoms with Gasteiger partial charge < -0.3 is 5.32 Å².